The van der Waals surface area contributed by atoms with E-state index in [1.807, 2.05) is 23.7 Å². The molecular formula is C8H9N3O. The first kappa shape index (κ1) is 7.09. The van der Waals surface area contributed by atoms with Crippen molar-refractivity contribution in [3.63, 3.8) is 0 Å². The normalized spacial score (nSPS) is 10.5. The molecule has 4 nitrogen and oxygen atoms in total. The quantitative estimate of drug-likeness (QED) is 0.630. The van der Waals surface area contributed by atoms with Gasteiger partial charge in [0.25, 0.3) is 0 Å². The Morgan fingerprint density at radius 3 is 3.00 bits per heavy atom. The highest BCUT2D eigenvalue weighted by molar-refractivity contribution is 5.39. The Morgan fingerprint density at radius 2 is 2.25 bits per heavy atom. The molecule has 0 amide bonds. The van der Waals surface area contributed by atoms with Gasteiger partial charge in [0.1, 0.15) is 0 Å². The van der Waals surface area contributed by atoms with Crippen LogP contribution in [0.4, 0.5) is 0 Å². The summed E-state index contributed by atoms with van der Waals surface area (Å²) in [6, 6.07) is 0. The van der Waals surface area contributed by atoms with Crippen LogP contribution >= 0.6 is 0 Å². The van der Waals surface area contributed by atoms with Crippen LogP contribution in [0, 0.1) is 6.92 Å². The topological polar surface area (TPSA) is 39.4 Å². The molecular weight excluding hydrogens is 154 g/mol. The summed E-state index contributed by atoms with van der Waals surface area (Å²) in [7, 11) is 1.60. The van der Waals surface area contributed by atoms with E-state index in [9.17, 15) is 0 Å². The number of imidazole rings is 1. The van der Waals surface area contributed by atoms with Gasteiger partial charge in [0.2, 0.25) is 5.88 Å². The number of fused-ring (bicyclic) bond motifs is 1. The lowest BCUT2D eigenvalue weighted by Gasteiger charge is -1.91. The molecule has 0 fully saturated rings. The van der Waals surface area contributed by atoms with Crippen molar-refractivity contribution < 1.29 is 4.74 Å². The molecule has 0 saturated heterocycles. The zero-order chi connectivity index (χ0) is 8.55. The second kappa shape index (κ2) is 2.48. The van der Waals surface area contributed by atoms with Crippen molar-refractivity contribution in [3.05, 3.63) is 24.3 Å². The van der Waals surface area contributed by atoms with Crippen molar-refractivity contribution in [1.29, 1.82) is 0 Å². The van der Waals surface area contributed by atoms with Gasteiger partial charge >= 0.3 is 0 Å². The molecule has 0 spiro atoms. The zero-order valence-electron chi connectivity index (χ0n) is 6.98. The number of hydrogen-bond acceptors (Lipinski definition) is 3. The highest BCUT2D eigenvalue weighted by Gasteiger charge is 1.99. The molecule has 0 aromatic carbocycles. The first-order chi connectivity index (χ1) is 5.79. The smallest absolute Gasteiger partial charge is 0.232 e. The predicted molar refractivity (Wildman–Crippen MR) is 44.3 cm³/mol. The van der Waals surface area contributed by atoms with Crippen LogP contribution in [0.5, 0.6) is 5.88 Å². The summed E-state index contributed by atoms with van der Waals surface area (Å²) >= 11 is 0. The second-order valence-electron chi connectivity index (χ2n) is 2.58. The molecule has 4 heteroatoms. The maximum Gasteiger partial charge on any atom is 0.232 e. The molecule has 0 aliphatic rings. The zero-order valence-corrected chi connectivity index (χ0v) is 6.98. The summed E-state index contributed by atoms with van der Waals surface area (Å²) in [5, 5.41) is 0. The van der Waals surface area contributed by atoms with E-state index in [0.717, 1.165) is 11.3 Å². The number of aryl methyl sites for hydroxylation is 1. The number of aromatic nitrogens is 3. The Bertz CT molecular complexity index is 408. The first-order valence-corrected chi connectivity index (χ1v) is 3.65. The number of hydrogen-bond donors (Lipinski definition) is 0. The molecule has 0 aliphatic carbocycles. The number of methoxy groups -OCH3 is 1. The van der Waals surface area contributed by atoms with E-state index in [2.05, 4.69) is 9.97 Å². The monoisotopic (exact) mass is 163 g/mol. The average molecular weight is 163 g/mol. The van der Waals surface area contributed by atoms with E-state index in [0.29, 0.717) is 5.88 Å². The van der Waals surface area contributed by atoms with Crippen molar-refractivity contribution >= 4 is 5.65 Å². The third-order valence-electron chi connectivity index (χ3n) is 1.66. The molecule has 2 aromatic rings. The van der Waals surface area contributed by atoms with Gasteiger partial charge in [0.15, 0.2) is 5.65 Å². The fourth-order valence-electron chi connectivity index (χ4n) is 1.08. The minimum Gasteiger partial charge on any atom is -0.480 e. The summed E-state index contributed by atoms with van der Waals surface area (Å²) in [5.74, 6) is 0.613. The molecule has 0 atom stereocenters. The van der Waals surface area contributed by atoms with Gasteiger partial charge < -0.3 is 9.14 Å². The van der Waals surface area contributed by atoms with Crippen LogP contribution in [0.1, 0.15) is 5.69 Å². The maximum atomic E-state index is 4.98. The van der Waals surface area contributed by atoms with Crippen molar-refractivity contribution in [3.8, 4) is 5.88 Å². The van der Waals surface area contributed by atoms with Gasteiger partial charge in [-0.15, -0.1) is 0 Å². The Morgan fingerprint density at radius 1 is 1.42 bits per heavy atom. The van der Waals surface area contributed by atoms with Gasteiger partial charge in [0.05, 0.1) is 25.2 Å². The highest BCUT2D eigenvalue weighted by Crippen LogP contribution is 2.10. The van der Waals surface area contributed by atoms with Gasteiger partial charge in [-0.1, -0.05) is 0 Å². The van der Waals surface area contributed by atoms with Crippen LogP contribution in [0.3, 0.4) is 0 Å². The van der Waals surface area contributed by atoms with Gasteiger partial charge in [-0.2, -0.15) is 4.98 Å². The van der Waals surface area contributed by atoms with Crippen LogP contribution < -0.4 is 4.74 Å². The van der Waals surface area contributed by atoms with Crippen LogP contribution in [0.15, 0.2) is 18.6 Å². The highest BCUT2D eigenvalue weighted by atomic mass is 16.5. The van der Waals surface area contributed by atoms with Crippen molar-refractivity contribution in [2.45, 2.75) is 6.92 Å². The Balaban J connectivity index is 2.67. The Hall–Kier alpha value is -1.58. The molecule has 2 rings (SSSR count). The van der Waals surface area contributed by atoms with E-state index < -0.39 is 0 Å². The standard InChI is InChI=1S/C8H9N3O/c1-6-4-11-5-8(12-2)10-7(11)3-9-6/h3-5H,1-2H3. The number of nitrogens with zero attached hydrogens (tertiary/aromatic N) is 3. The summed E-state index contributed by atoms with van der Waals surface area (Å²) < 4.78 is 6.87. The van der Waals surface area contributed by atoms with Gasteiger partial charge in [-0.3, -0.25) is 4.98 Å². The molecule has 0 bridgehead atoms. The van der Waals surface area contributed by atoms with Gasteiger partial charge in [-0.25, -0.2) is 0 Å². The van der Waals surface area contributed by atoms with E-state index in [4.69, 9.17) is 4.74 Å². The third kappa shape index (κ3) is 1.01. The van der Waals surface area contributed by atoms with Crippen LogP contribution in [0.2, 0.25) is 0 Å². The molecule has 62 valence electrons. The second-order valence-corrected chi connectivity index (χ2v) is 2.58. The lowest BCUT2D eigenvalue weighted by molar-refractivity contribution is 0.400. The predicted octanol–water partition coefficient (Wildman–Crippen LogP) is 1.05. The van der Waals surface area contributed by atoms with Crippen LogP contribution in [-0.4, -0.2) is 21.5 Å². The Kier molecular flexibility index (Phi) is 1.46. The molecule has 0 saturated carbocycles. The minimum absolute atomic E-state index is 0.613. The summed E-state index contributed by atoms with van der Waals surface area (Å²) in [6.45, 7) is 1.94. The van der Waals surface area contributed by atoms with Crippen molar-refractivity contribution in [2.24, 2.45) is 0 Å². The van der Waals surface area contributed by atoms with Gasteiger partial charge in [-0.05, 0) is 6.92 Å². The summed E-state index contributed by atoms with van der Waals surface area (Å²) in [5.41, 5.74) is 1.76. The maximum absolute atomic E-state index is 4.98. The minimum atomic E-state index is 0.613. The summed E-state index contributed by atoms with van der Waals surface area (Å²) in [6.07, 6.45) is 5.45. The fourth-order valence-corrected chi connectivity index (χ4v) is 1.08. The van der Waals surface area contributed by atoms with Gasteiger partial charge in [0, 0.05) is 6.20 Å². The molecule has 0 radical (unpaired) electrons. The molecule has 0 aliphatic heterocycles. The van der Waals surface area contributed by atoms with E-state index >= 15 is 0 Å². The molecule has 0 unspecified atom stereocenters. The van der Waals surface area contributed by atoms with Crippen molar-refractivity contribution in [2.75, 3.05) is 7.11 Å². The molecule has 2 heterocycles. The van der Waals surface area contributed by atoms with E-state index in [-0.39, 0.29) is 0 Å². The molecule has 12 heavy (non-hydrogen) atoms. The first-order valence-electron chi connectivity index (χ1n) is 3.65. The number of ether oxygens (including phenoxy) is 1. The lowest BCUT2D eigenvalue weighted by atomic mass is 10.5. The lowest BCUT2D eigenvalue weighted by Crippen LogP contribution is -1.87. The molecule has 0 N–H and O–H groups in total. The Labute approximate surface area is 69.8 Å². The van der Waals surface area contributed by atoms with Crippen LogP contribution in [0.25, 0.3) is 5.65 Å². The SMILES string of the molecule is COc1cn2cc(C)ncc2n1. The average Bonchev–Trinajstić information content (AvgIpc) is 2.46. The van der Waals surface area contributed by atoms with Crippen molar-refractivity contribution in [1.82, 2.24) is 14.4 Å². The third-order valence-corrected chi connectivity index (χ3v) is 1.66. The summed E-state index contributed by atoms with van der Waals surface area (Å²) in [4.78, 5) is 8.27. The number of rotatable bonds is 1. The fraction of sp³-hybridized carbons (Fsp3) is 0.250. The van der Waals surface area contributed by atoms with Crippen LogP contribution in [-0.2, 0) is 0 Å². The van der Waals surface area contributed by atoms with E-state index in [1.54, 1.807) is 13.3 Å². The van der Waals surface area contributed by atoms with E-state index in [1.165, 1.54) is 0 Å². The largest absolute Gasteiger partial charge is 0.480 e. The molecule has 2 aromatic heterocycles.